The van der Waals surface area contributed by atoms with Gasteiger partial charge in [0.2, 0.25) is 0 Å². The maximum Gasteiger partial charge on any atom is 0.251 e. The van der Waals surface area contributed by atoms with E-state index >= 15 is 0 Å². The molecule has 0 aliphatic carbocycles. The number of carbonyl (C=O) groups excluding carboxylic acids is 1. The van der Waals surface area contributed by atoms with Gasteiger partial charge in [0.15, 0.2) is 0 Å². The van der Waals surface area contributed by atoms with E-state index in [2.05, 4.69) is 59.3 Å². The number of piperidine rings is 1. The topological polar surface area (TPSA) is 44.8 Å². The van der Waals surface area contributed by atoms with Gasteiger partial charge in [-0.2, -0.15) is 0 Å². The number of hydrogen-bond donors (Lipinski definition) is 1. The molecule has 1 amide bonds. The Balaban J connectivity index is 1.16. The van der Waals surface area contributed by atoms with Crippen molar-refractivity contribution >= 4 is 5.91 Å². The first-order valence-corrected chi connectivity index (χ1v) is 12.6. The van der Waals surface area contributed by atoms with Gasteiger partial charge in [-0.05, 0) is 81.8 Å². The van der Waals surface area contributed by atoms with Crippen LogP contribution in [0.25, 0.3) is 0 Å². The van der Waals surface area contributed by atoms with Crippen molar-refractivity contribution in [3.63, 3.8) is 0 Å². The minimum atomic E-state index is 0.0104. The van der Waals surface area contributed by atoms with Crippen molar-refractivity contribution < 1.29 is 9.53 Å². The van der Waals surface area contributed by atoms with Crippen LogP contribution in [0.3, 0.4) is 0 Å². The van der Waals surface area contributed by atoms with Crippen LogP contribution < -0.4 is 10.1 Å². The van der Waals surface area contributed by atoms with Gasteiger partial charge in [-0.25, -0.2) is 0 Å². The predicted octanol–water partition coefficient (Wildman–Crippen LogP) is 4.23. The van der Waals surface area contributed by atoms with E-state index < -0.39 is 0 Å². The zero-order chi connectivity index (χ0) is 23.0. The number of carbonyl (C=O) groups is 1. The Kier molecular flexibility index (Phi) is 8.40. The summed E-state index contributed by atoms with van der Waals surface area (Å²) in [6.45, 7) is 10.7. The molecule has 2 fully saturated rings. The lowest BCUT2D eigenvalue weighted by Crippen LogP contribution is -2.39. The Hall–Kier alpha value is -2.37. The molecular formula is C28H39N3O2. The van der Waals surface area contributed by atoms with Crippen molar-refractivity contribution in [3.05, 3.63) is 65.7 Å². The van der Waals surface area contributed by atoms with Crippen LogP contribution >= 0.6 is 0 Å². The molecule has 4 rings (SSSR count). The molecule has 0 saturated carbocycles. The summed E-state index contributed by atoms with van der Waals surface area (Å²) in [7, 11) is 0. The second-order valence-corrected chi connectivity index (χ2v) is 9.87. The van der Waals surface area contributed by atoms with Gasteiger partial charge < -0.3 is 19.9 Å². The van der Waals surface area contributed by atoms with Crippen LogP contribution in [0.5, 0.6) is 5.75 Å². The molecule has 2 aromatic rings. The highest BCUT2D eigenvalue weighted by Crippen LogP contribution is 2.21. The number of benzene rings is 2. The summed E-state index contributed by atoms with van der Waals surface area (Å²) >= 11 is 0. The molecule has 178 valence electrons. The molecule has 0 radical (unpaired) electrons. The van der Waals surface area contributed by atoms with Gasteiger partial charge in [-0.1, -0.05) is 30.3 Å². The Morgan fingerprint density at radius 2 is 1.73 bits per heavy atom. The summed E-state index contributed by atoms with van der Waals surface area (Å²) in [5.41, 5.74) is 2.11. The molecule has 2 aliphatic rings. The van der Waals surface area contributed by atoms with E-state index in [1.165, 1.54) is 5.56 Å². The molecular weight excluding hydrogens is 410 g/mol. The summed E-state index contributed by atoms with van der Waals surface area (Å²) in [6.07, 6.45) is 4.62. The van der Waals surface area contributed by atoms with E-state index in [9.17, 15) is 4.79 Å². The summed E-state index contributed by atoms with van der Waals surface area (Å²) < 4.78 is 6.21. The number of amides is 1. The SMILES string of the molecule is CC(C)N1CCC(CNC(=O)c2ccc(OC3CCN(CCc4ccccc4)CC3)cc2)C1. The van der Waals surface area contributed by atoms with Gasteiger partial charge >= 0.3 is 0 Å². The molecule has 0 aromatic heterocycles. The molecule has 0 bridgehead atoms. The Morgan fingerprint density at radius 3 is 2.39 bits per heavy atom. The number of rotatable bonds is 9. The zero-order valence-corrected chi connectivity index (χ0v) is 20.2. The van der Waals surface area contributed by atoms with Crippen LogP contribution in [0.1, 0.15) is 49.0 Å². The van der Waals surface area contributed by atoms with Crippen LogP contribution in [-0.4, -0.2) is 67.1 Å². The van der Waals surface area contributed by atoms with Gasteiger partial charge in [0.25, 0.3) is 5.91 Å². The van der Waals surface area contributed by atoms with Gasteiger partial charge in [-0.3, -0.25) is 4.79 Å². The highest BCUT2D eigenvalue weighted by atomic mass is 16.5. The van der Waals surface area contributed by atoms with Gasteiger partial charge in [0.05, 0.1) is 0 Å². The fraction of sp³-hybridized carbons (Fsp3) is 0.536. The lowest BCUT2D eigenvalue weighted by Gasteiger charge is -2.32. The summed E-state index contributed by atoms with van der Waals surface area (Å²) in [4.78, 5) is 17.6. The van der Waals surface area contributed by atoms with E-state index in [0.717, 1.165) is 70.7 Å². The third-order valence-corrected chi connectivity index (χ3v) is 7.11. The highest BCUT2D eigenvalue weighted by molar-refractivity contribution is 5.94. The summed E-state index contributed by atoms with van der Waals surface area (Å²) in [5, 5.41) is 3.12. The van der Waals surface area contributed by atoms with Crippen molar-refractivity contribution in [1.29, 1.82) is 0 Å². The van der Waals surface area contributed by atoms with Crippen LogP contribution in [0, 0.1) is 5.92 Å². The second-order valence-electron chi connectivity index (χ2n) is 9.87. The molecule has 2 saturated heterocycles. The quantitative estimate of drug-likeness (QED) is 0.622. The first kappa shape index (κ1) is 23.8. The second kappa shape index (κ2) is 11.7. The summed E-state index contributed by atoms with van der Waals surface area (Å²) in [6, 6.07) is 18.9. The first-order valence-electron chi connectivity index (χ1n) is 12.6. The minimum Gasteiger partial charge on any atom is -0.490 e. The lowest BCUT2D eigenvalue weighted by atomic mass is 10.1. The van der Waals surface area contributed by atoms with Crippen LogP contribution in [0.2, 0.25) is 0 Å². The van der Waals surface area contributed by atoms with Crippen molar-refractivity contribution in [2.75, 3.05) is 39.3 Å². The molecule has 1 atom stereocenters. The molecule has 2 aliphatic heterocycles. The number of hydrogen-bond acceptors (Lipinski definition) is 4. The molecule has 2 aromatic carbocycles. The molecule has 5 nitrogen and oxygen atoms in total. The van der Waals surface area contributed by atoms with Crippen LogP contribution in [0.15, 0.2) is 54.6 Å². The normalized spacial score (nSPS) is 20.3. The maximum atomic E-state index is 12.5. The van der Waals surface area contributed by atoms with Gasteiger partial charge in [-0.15, -0.1) is 0 Å². The Bertz CT molecular complexity index is 860. The predicted molar refractivity (Wildman–Crippen MR) is 134 cm³/mol. The van der Waals surface area contributed by atoms with Crippen molar-refractivity contribution in [3.8, 4) is 5.75 Å². The number of nitrogens with one attached hydrogen (secondary N) is 1. The van der Waals surface area contributed by atoms with E-state index in [-0.39, 0.29) is 12.0 Å². The molecule has 0 spiro atoms. The largest absolute Gasteiger partial charge is 0.490 e. The van der Waals surface area contributed by atoms with E-state index in [4.69, 9.17) is 4.74 Å². The van der Waals surface area contributed by atoms with E-state index in [0.29, 0.717) is 17.5 Å². The fourth-order valence-corrected chi connectivity index (χ4v) is 4.90. The monoisotopic (exact) mass is 449 g/mol. The van der Waals surface area contributed by atoms with E-state index in [1.807, 2.05) is 24.3 Å². The fourth-order valence-electron chi connectivity index (χ4n) is 4.90. The highest BCUT2D eigenvalue weighted by Gasteiger charge is 2.24. The van der Waals surface area contributed by atoms with Crippen molar-refractivity contribution in [2.24, 2.45) is 5.92 Å². The van der Waals surface area contributed by atoms with Crippen LogP contribution in [0.4, 0.5) is 0 Å². The molecule has 5 heteroatoms. The third-order valence-electron chi connectivity index (χ3n) is 7.11. The lowest BCUT2D eigenvalue weighted by molar-refractivity contribution is 0.0946. The smallest absolute Gasteiger partial charge is 0.251 e. The molecule has 1 unspecified atom stereocenters. The van der Waals surface area contributed by atoms with Gasteiger partial charge in [0, 0.05) is 44.3 Å². The van der Waals surface area contributed by atoms with E-state index in [1.54, 1.807) is 0 Å². The Morgan fingerprint density at radius 1 is 1.00 bits per heavy atom. The van der Waals surface area contributed by atoms with Crippen LogP contribution in [-0.2, 0) is 6.42 Å². The first-order chi connectivity index (χ1) is 16.1. The third kappa shape index (κ3) is 7.05. The van der Waals surface area contributed by atoms with Crippen molar-refractivity contribution in [2.45, 2.75) is 51.7 Å². The standard InChI is InChI=1S/C28H39N3O2/c1-22(2)31-19-13-24(21-31)20-29-28(32)25-8-10-26(11-9-25)33-27-14-17-30(18-15-27)16-12-23-6-4-3-5-7-23/h3-11,22,24,27H,12-21H2,1-2H3,(H,29,32). The van der Waals surface area contributed by atoms with Gasteiger partial charge in [0.1, 0.15) is 11.9 Å². The molecule has 1 N–H and O–H groups in total. The zero-order valence-electron chi connectivity index (χ0n) is 20.2. The summed E-state index contributed by atoms with van der Waals surface area (Å²) in [5.74, 6) is 1.42. The molecule has 33 heavy (non-hydrogen) atoms. The number of ether oxygens (including phenoxy) is 1. The maximum absolute atomic E-state index is 12.5. The molecule has 2 heterocycles. The minimum absolute atomic E-state index is 0.0104. The average Bonchev–Trinajstić information content (AvgIpc) is 3.33. The number of likely N-dealkylation sites (tertiary alicyclic amines) is 2. The van der Waals surface area contributed by atoms with Crippen molar-refractivity contribution in [1.82, 2.24) is 15.1 Å². The number of nitrogens with zero attached hydrogens (tertiary/aromatic N) is 2. The Labute approximate surface area is 199 Å². The average molecular weight is 450 g/mol.